The van der Waals surface area contributed by atoms with Crippen molar-refractivity contribution in [2.24, 2.45) is 5.92 Å². The molecule has 1 saturated carbocycles. The molecule has 39 heavy (non-hydrogen) atoms. The fourth-order valence-corrected chi connectivity index (χ4v) is 4.90. The molecule has 0 radical (unpaired) electrons. The van der Waals surface area contributed by atoms with Gasteiger partial charge in [0.15, 0.2) is 0 Å². The molecule has 3 aromatic rings. The van der Waals surface area contributed by atoms with Crippen molar-refractivity contribution in [3.63, 3.8) is 0 Å². The smallest absolute Gasteiger partial charge is 0.207 e. The van der Waals surface area contributed by atoms with Gasteiger partial charge in [-0.25, -0.2) is 13.5 Å². The summed E-state index contributed by atoms with van der Waals surface area (Å²) in [5.74, 6) is 0.326. The van der Waals surface area contributed by atoms with Gasteiger partial charge in [0.1, 0.15) is 12.0 Å². The average molecular weight is 539 g/mol. The number of ether oxygens (including phenoxy) is 1. The van der Waals surface area contributed by atoms with Crippen molar-refractivity contribution in [3.05, 3.63) is 59.9 Å². The molecule has 2 aromatic heterocycles. The summed E-state index contributed by atoms with van der Waals surface area (Å²) in [7, 11) is 0. The molecule has 8 nitrogen and oxygen atoms in total. The first kappa shape index (κ1) is 27.2. The SMILES string of the molecule is Cc1cc(-n2cc(-c3cncc(NC4CCN(CC5COC5)CC4F)c3)cn2)c(C)cc1F.O=CNC1CC1. The Balaban J connectivity index is 0.000000455. The van der Waals surface area contributed by atoms with Crippen LogP contribution in [0.5, 0.6) is 0 Å². The van der Waals surface area contributed by atoms with Gasteiger partial charge in [-0.2, -0.15) is 5.10 Å². The van der Waals surface area contributed by atoms with Crippen LogP contribution in [-0.4, -0.2) is 77.2 Å². The molecule has 2 aliphatic heterocycles. The third-order valence-electron chi connectivity index (χ3n) is 7.46. The molecule has 6 rings (SSSR count). The van der Waals surface area contributed by atoms with Crippen molar-refractivity contribution < 1.29 is 18.3 Å². The summed E-state index contributed by atoms with van der Waals surface area (Å²) in [4.78, 5) is 16.1. The molecule has 10 heteroatoms. The van der Waals surface area contributed by atoms with E-state index in [9.17, 15) is 13.6 Å². The fourth-order valence-electron chi connectivity index (χ4n) is 4.90. The van der Waals surface area contributed by atoms with E-state index in [-0.39, 0.29) is 11.9 Å². The highest BCUT2D eigenvalue weighted by Gasteiger charge is 2.31. The molecule has 3 fully saturated rings. The number of benzene rings is 1. The summed E-state index contributed by atoms with van der Waals surface area (Å²) in [5.41, 5.74) is 4.80. The number of rotatable bonds is 8. The average Bonchev–Trinajstić information content (AvgIpc) is 3.58. The fraction of sp³-hybridized carbons (Fsp3) is 0.483. The molecule has 2 unspecified atom stereocenters. The number of halogens is 2. The first-order valence-electron chi connectivity index (χ1n) is 13.6. The van der Waals surface area contributed by atoms with Crippen LogP contribution < -0.4 is 10.6 Å². The lowest BCUT2D eigenvalue weighted by molar-refractivity contribution is -0.109. The Morgan fingerprint density at radius 2 is 1.90 bits per heavy atom. The number of aryl methyl sites for hydroxylation is 2. The highest BCUT2D eigenvalue weighted by molar-refractivity contribution is 5.66. The Bertz CT molecular complexity index is 1280. The summed E-state index contributed by atoms with van der Waals surface area (Å²) in [6.45, 7) is 7.45. The van der Waals surface area contributed by atoms with Crippen molar-refractivity contribution in [1.29, 1.82) is 0 Å². The third kappa shape index (κ3) is 6.99. The van der Waals surface area contributed by atoms with Gasteiger partial charge >= 0.3 is 0 Å². The van der Waals surface area contributed by atoms with E-state index in [0.717, 1.165) is 67.2 Å². The maximum atomic E-state index is 14.9. The zero-order valence-electron chi connectivity index (χ0n) is 22.4. The van der Waals surface area contributed by atoms with Crippen LogP contribution in [0.1, 0.15) is 30.4 Å². The molecule has 3 aliphatic rings. The molecule has 4 heterocycles. The van der Waals surface area contributed by atoms with Crippen LogP contribution in [-0.2, 0) is 9.53 Å². The molecule has 208 valence electrons. The number of piperidine rings is 1. The molecule has 2 atom stereocenters. The number of aromatic nitrogens is 3. The van der Waals surface area contributed by atoms with Gasteiger partial charge in [0.2, 0.25) is 6.41 Å². The molecular formula is C29H36F2N6O2. The van der Waals surface area contributed by atoms with Crippen molar-refractivity contribution in [2.45, 2.75) is 51.4 Å². The number of hydrogen-bond acceptors (Lipinski definition) is 6. The van der Waals surface area contributed by atoms with E-state index < -0.39 is 6.17 Å². The van der Waals surface area contributed by atoms with E-state index in [1.807, 2.05) is 19.2 Å². The highest BCUT2D eigenvalue weighted by Crippen LogP contribution is 2.26. The van der Waals surface area contributed by atoms with Gasteiger partial charge in [-0.1, -0.05) is 0 Å². The van der Waals surface area contributed by atoms with Gasteiger partial charge in [-0.3, -0.25) is 14.7 Å². The number of nitrogens with zero attached hydrogens (tertiary/aromatic N) is 4. The molecule has 0 bridgehead atoms. The van der Waals surface area contributed by atoms with Gasteiger partial charge < -0.3 is 15.4 Å². The van der Waals surface area contributed by atoms with Crippen LogP contribution in [0, 0.1) is 25.6 Å². The number of carbonyl (C=O) groups excluding carboxylic acids is 1. The number of likely N-dealkylation sites (tertiary alicyclic amines) is 1. The number of amides is 1. The molecule has 1 aliphatic carbocycles. The molecule has 0 spiro atoms. The van der Waals surface area contributed by atoms with Crippen LogP contribution in [0.2, 0.25) is 0 Å². The van der Waals surface area contributed by atoms with Crippen molar-refractivity contribution in [3.8, 4) is 16.8 Å². The van der Waals surface area contributed by atoms with Crippen molar-refractivity contribution >= 4 is 12.1 Å². The summed E-state index contributed by atoms with van der Waals surface area (Å²) in [6.07, 6.45) is 10.1. The van der Waals surface area contributed by atoms with E-state index in [0.29, 0.717) is 24.1 Å². The predicted octanol–water partition coefficient (Wildman–Crippen LogP) is 4.06. The number of alkyl halides is 1. The Hall–Kier alpha value is -3.37. The van der Waals surface area contributed by atoms with E-state index >= 15 is 0 Å². The lowest BCUT2D eigenvalue weighted by Gasteiger charge is -2.38. The zero-order valence-corrected chi connectivity index (χ0v) is 22.4. The van der Waals surface area contributed by atoms with E-state index in [1.165, 1.54) is 18.9 Å². The lowest BCUT2D eigenvalue weighted by atomic mass is 10.00. The second kappa shape index (κ2) is 12.2. The van der Waals surface area contributed by atoms with E-state index in [4.69, 9.17) is 4.74 Å². The molecule has 1 amide bonds. The number of pyridine rings is 1. The van der Waals surface area contributed by atoms with Gasteiger partial charge in [0, 0.05) is 61.3 Å². The molecule has 2 N–H and O–H groups in total. The Labute approximate surface area is 227 Å². The maximum absolute atomic E-state index is 14.9. The third-order valence-corrected chi connectivity index (χ3v) is 7.46. The van der Waals surface area contributed by atoms with Crippen LogP contribution in [0.4, 0.5) is 14.5 Å². The minimum absolute atomic E-state index is 0.222. The standard InChI is InChI=1S/C25H29F2N5O.C4H7NO/c1-16-6-25(17(2)5-22(16)26)32-12-20(9-29-32)19-7-21(10-28-8-19)30-24-3-4-31(13-23(24)27)11-18-14-33-15-18;6-3-5-4-1-2-4/h5-10,12,18,23-24,30H,3-4,11,13-15H2,1-2H3;3-4H,1-2H2,(H,5,6). The molecule has 1 aromatic carbocycles. The first-order chi connectivity index (χ1) is 18.9. The van der Waals surface area contributed by atoms with Crippen LogP contribution in [0.3, 0.4) is 0 Å². The van der Waals surface area contributed by atoms with Gasteiger partial charge in [-0.15, -0.1) is 0 Å². The van der Waals surface area contributed by atoms with Gasteiger partial charge in [0.05, 0.1) is 36.8 Å². The van der Waals surface area contributed by atoms with E-state index in [2.05, 4.69) is 25.6 Å². The second-order valence-electron chi connectivity index (χ2n) is 10.8. The number of carbonyl (C=O) groups is 1. The Morgan fingerprint density at radius 1 is 1.08 bits per heavy atom. The maximum Gasteiger partial charge on any atom is 0.207 e. The predicted molar refractivity (Wildman–Crippen MR) is 146 cm³/mol. The van der Waals surface area contributed by atoms with Crippen molar-refractivity contribution in [2.75, 3.05) is 38.2 Å². The number of nitrogens with one attached hydrogen (secondary N) is 2. The largest absolute Gasteiger partial charge is 0.381 e. The molecular weight excluding hydrogens is 502 g/mol. The van der Waals surface area contributed by atoms with Gasteiger partial charge in [-0.05, 0) is 62.4 Å². The van der Waals surface area contributed by atoms with Crippen LogP contribution in [0.15, 0.2) is 43.0 Å². The summed E-state index contributed by atoms with van der Waals surface area (Å²) >= 11 is 0. The minimum atomic E-state index is -0.934. The summed E-state index contributed by atoms with van der Waals surface area (Å²) in [5, 5.41) is 10.5. The van der Waals surface area contributed by atoms with Crippen LogP contribution in [0.25, 0.3) is 16.8 Å². The van der Waals surface area contributed by atoms with E-state index in [1.54, 1.807) is 36.3 Å². The summed E-state index contributed by atoms with van der Waals surface area (Å²) < 4.78 is 35.7. The van der Waals surface area contributed by atoms with Crippen molar-refractivity contribution in [1.82, 2.24) is 25.0 Å². The second-order valence-corrected chi connectivity index (χ2v) is 10.8. The number of hydrogen-bond donors (Lipinski definition) is 2. The normalized spacial score (nSPS) is 21.4. The lowest BCUT2D eigenvalue weighted by Crippen LogP contribution is -2.50. The summed E-state index contributed by atoms with van der Waals surface area (Å²) in [6, 6.07) is 5.59. The Morgan fingerprint density at radius 3 is 2.56 bits per heavy atom. The highest BCUT2D eigenvalue weighted by atomic mass is 19.1. The number of anilines is 1. The van der Waals surface area contributed by atoms with Gasteiger partial charge in [0.25, 0.3) is 0 Å². The monoisotopic (exact) mass is 538 g/mol. The molecule has 2 saturated heterocycles. The minimum Gasteiger partial charge on any atom is -0.381 e. The topological polar surface area (TPSA) is 84.3 Å². The zero-order chi connectivity index (χ0) is 27.4. The quantitative estimate of drug-likeness (QED) is 0.421. The van der Waals surface area contributed by atoms with Crippen LogP contribution >= 0.6 is 0 Å². The Kier molecular flexibility index (Phi) is 8.52. The first-order valence-corrected chi connectivity index (χ1v) is 13.6.